The van der Waals surface area contributed by atoms with Crippen LogP contribution in [0.2, 0.25) is 0 Å². The van der Waals surface area contributed by atoms with E-state index in [-0.39, 0.29) is 12.2 Å². The van der Waals surface area contributed by atoms with Crippen molar-refractivity contribution < 1.29 is 9.53 Å². The SMILES string of the molecule is CCN(CC)C(=O)OC1CCCC1. The lowest BCUT2D eigenvalue weighted by Gasteiger charge is -2.20. The van der Waals surface area contributed by atoms with Crippen molar-refractivity contribution in [1.29, 1.82) is 0 Å². The minimum absolute atomic E-state index is 0.142. The zero-order valence-electron chi connectivity index (χ0n) is 8.58. The number of nitrogens with zero attached hydrogens (tertiary/aromatic N) is 1. The quantitative estimate of drug-likeness (QED) is 0.675. The number of carbonyl (C=O) groups excluding carboxylic acids is 1. The van der Waals surface area contributed by atoms with Crippen LogP contribution in [0.1, 0.15) is 39.5 Å². The van der Waals surface area contributed by atoms with E-state index < -0.39 is 0 Å². The fourth-order valence-corrected chi connectivity index (χ4v) is 1.71. The monoisotopic (exact) mass is 185 g/mol. The molecular weight excluding hydrogens is 166 g/mol. The van der Waals surface area contributed by atoms with E-state index in [0.717, 1.165) is 25.9 Å². The summed E-state index contributed by atoms with van der Waals surface area (Å²) in [6.07, 6.45) is 4.55. The van der Waals surface area contributed by atoms with Gasteiger partial charge >= 0.3 is 6.09 Å². The number of rotatable bonds is 3. The second-order valence-corrected chi connectivity index (χ2v) is 3.46. The van der Waals surface area contributed by atoms with Gasteiger partial charge in [0.2, 0.25) is 0 Å². The summed E-state index contributed by atoms with van der Waals surface area (Å²) in [7, 11) is 0. The minimum Gasteiger partial charge on any atom is -0.446 e. The van der Waals surface area contributed by atoms with Gasteiger partial charge in [-0.05, 0) is 39.5 Å². The average Bonchev–Trinajstić information content (AvgIpc) is 2.59. The molecule has 0 N–H and O–H groups in total. The van der Waals surface area contributed by atoms with Gasteiger partial charge in [-0.15, -0.1) is 0 Å². The van der Waals surface area contributed by atoms with Crippen molar-refractivity contribution in [2.45, 2.75) is 45.6 Å². The molecule has 0 aromatic carbocycles. The van der Waals surface area contributed by atoms with Gasteiger partial charge < -0.3 is 9.64 Å². The molecule has 0 saturated heterocycles. The van der Waals surface area contributed by atoms with Gasteiger partial charge in [0.1, 0.15) is 6.10 Å². The van der Waals surface area contributed by atoms with Gasteiger partial charge in [0.15, 0.2) is 0 Å². The Labute approximate surface area is 80.1 Å². The standard InChI is InChI=1S/C10H19NO2/c1-3-11(4-2)10(12)13-9-7-5-6-8-9/h9H,3-8H2,1-2H3. The predicted octanol–water partition coefficient (Wildman–Crippen LogP) is 2.41. The van der Waals surface area contributed by atoms with Gasteiger partial charge in [0.25, 0.3) is 0 Å². The van der Waals surface area contributed by atoms with E-state index in [1.807, 2.05) is 13.8 Å². The molecule has 3 nitrogen and oxygen atoms in total. The molecule has 0 heterocycles. The van der Waals surface area contributed by atoms with Gasteiger partial charge in [0.05, 0.1) is 0 Å². The van der Waals surface area contributed by atoms with Gasteiger partial charge in [0, 0.05) is 13.1 Å². The molecule has 0 aromatic heterocycles. The predicted molar refractivity (Wildman–Crippen MR) is 51.7 cm³/mol. The topological polar surface area (TPSA) is 29.5 Å². The van der Waals surface area contributed by atoms with Crippen molar-refractivity contribution >= 4 is 6.09 Å². The van der Waals surface area contributed by atoms with Crippen LogP contribution < -0.4 is 0 Å². The first-order valence-electron chi connectivity index (χ1n) is 5.23. The van der Waals surface area contributed by atoms with Crippen molar-refractivity contribution in [3.63, 3.8) is 0 Å². The third-order valence-electron chi connectivity index (χ3n) is 2.59. The molecule has 13 heavy (non-hydrogen) atoms. The molecule has 1 aliphatic rings. The van der Waals surface area contributed by atoms with Crippen molar-refractivity contribution in [3.8, 4) is 0 Å². The highest BCUT2D eigenvalue weighted by molar-refractivity contribution is 5.67. The first kappa shape index (κ1) is 10.4. The van der Waals surface area contributed by atoms with E-state index in [9.17, 15) is 4.79 Å². The highest BCUT2D eigenvalue weighted by Gasteiger charge is 2.21. The zero-order valence-corrected chi connectivity index (χ0v) is 8.58. The Hall–Kier alpha value is -0.730. The Kier molecular flexibility index (Phi) is 4.06. The second-order valence-electron chi connectivity index (χ2n) is 3.46. The van der Waals surface area contributed by atoms with E-state index in [0.29, 0.717) is 0 Å². The highest BCUT2D eigenvalue weighted by Crippen LogP contribution is 2.21. The molecule has 1 saturated carbocycles. The normalized spacial score (nSPS) is 17.4. The van der Waals surface area contributed by atoms with Gasteiger partial charge in [-0.3, -0.25) is 0 Å². The van der Waals surface area contributed by atoms with E-state index >= 15 is 0 Å². The molecule has 1 amide bonds. The fourth-order valence-electron chi connectivity index (χ4n) is 1.71. The van der Waals surface area contributed by atoms with Gasteiger partial charge in [-0.1, -0.05) is 0 Å². The molecule has 76 valence electrons. The summed E-state index contributed by atoms with van der Waals surface area (Å²) in [6, 6.07) is 0. The van der Waals surface area contributed by atoms with Crippen LogP contribution >= 0.6 is 0 Å². The highest BCUT2D eigenvalue weighted by atomic mass is 16.6. The van der Waals surface area contributed by atoms with Crippen molar-refractivity contribution in [3.05, 3.63) is 0 Å². The zero-order chi connectivity index (χ0) is 9.68. The molecule has 0 radical (unpaired) electrons. The lowest BCUT2D eigenvalue weighted by Crippen LogP contribution is -2.33. The molecule has 3 heteroatoms. The molecule has 1 aliphatic carbocycles. The van der Waals surface area contributed by atoms with Crippen LogP contribution in [0.25, 0.3) is 0 Å². The Morgan fingerprint density at radius 3 is 2.31 bits per heavy atom. The van der Waals surface area contributed by atoms with Crippen LogP contribution in [0.5, 0.6) is 0 Å². The molecule has 0 spiro atoms. The van der Waals surface area contributed by atoms with Gasteiger partial charge in [-0.25, -0.2) is 4.79 Å². The third-order valence-corrected chi connectivity index (χ3v) is 2.59. The van der Waals surface area contributed by atoms with Gasteiger partial charge in [-0.2, -0.15) is 0 Å². The summed E-state index contributed by atoms with van der Waals surface area (Å²) in [5.41, 5.74) is 0. The lowest BCUT2D eigenvalue weighted by molar-refractivity contribution is 0.0682. The van der Waals surface area contributed by atoms with Crippen LogP contribution in [0.4, 0.5) is 4.79 Å². The molecule has 0 aliphatic heterocycles. The molecule has 1 rings (SSSR count). The van der Waals surface area contributed by atoms with Crippen LogP contribution in [0, 0.1) is 0 Å². The Balaban J connectivity index is 2.29. The largest absolute Gasteiger partial charge is 0.446 e. The van der Waals surface area contributed by atoms with Crippen molar-refractivity contribution in [2.24, 2.45) is 0 Å². The number of hydrogen-bond acceptors (Lipinski definition) is 2. The maximum absolute atomic E-state index is 11.5. The Morgan fingerprint density at radius 2 is 1.85 bits per heavy atom. The maximum atomic E-state index is 11.5. The summed E-state index contributed by atoms with van der Waals surface area (Å²) in [6.45, 7) is 5.42. The van der Waals surface area contributed by atoms with E-state index in [4.69, 9.17) is 4.74 Å². The molecule has 0 bridgehead atoms. The summed E-state index contributed by atoms with van der Waals surface area (Å²) >= 11 is 0. The maximum Gasteiger partial charge on any atom is 0.410 e. The average molecular weight is 185 g/mol. The molecule has 0 aromatic rings. The van der Waals surface area contributed by atoms with E-state index in [1.54, 1.807) is 4.90 Å². The van der Waals surface area contributed by atoms with Crippen LogP contribution in [0.3, 0.4) is 0 Å². The fraction of sp³-hybridized carbons (Fsp3) is 0.900. The molecule has 1 fully saturated rings. The van der Waals surface area contributed by atoms with Crippen LogP contribution in [-0.2, 0) is 4.74 Å². The van der Waals surface area contributed by atoms with Crippen LogP contribution in [-0.4, -0.2) is 30.2 Å². The number of ether oxygens (including phenoxy) is 1. The summed E-state index contributed by atoms with van der Waals surface area (Å²) in [5.74, 6) is 0. The second kappa shape index (κ2) is 5.10. The molecule has 0 unspecified atom stereocenters. The van der Waals surface area contributed by atoms with E-state index in [1.165, 1.54) is 12.8 Å². The Morgan fingerprint density at radius 1 is 1.31 bits per heavy atom. The Bertz CT molecular complexity index is 160. The smallest absolute Gasteiger partial charge is 0.410 e. The summed E-state index contributed by atoms with van der Waals surface area (Å²) < 4.78 is 5.34. The molecule has 0 atom stereocenters. The summed E-state index contributed by atoms with van der Waals surface area (Å²) in [5, 5.41) is 0. The number of carbonyl (C=O) groups is 1. The van der Waals surface area contributed by atoms with Crippen molar-refractivity contribution in [1.82, 2.24) is 4.90 Å². The lowest BCUT2D eigenvalue weighted by atomic mass is 10.3. The first-order chi connectivity index (χ1) is 6.27. The molecular formula is C10H19NO2. The van der Waals surface area contributed by atoms with Crippen molar-refractivity contribution in [2.75, 3.05) is 13.1 Å². The third kappa shape index (κ3) is 2.90. The van der Waals surface area contributed by atoms with Crippen LogP contribution in [0.15, 0.2) is 0 Å². The first-order valence-corrected chi connectivity index (χ1v) is 5.23. The summed E-state index contributed by atoms with van der Waals surface area (Å²) in [4.78, 5) is 13.2. The number of amides is 1. The minimum atomic E-state index is -0.142. The van der Waals surface area contributed by atoms with E-state index in [2.05, 4.69) is 0 Å². The number of hydrogen-bond donors (Lipinski definition) is 0.